The van der Waals surface area contributed by atoms with Gasteiger partial charge in [0.1, 0.15) is 5.54 Å². The highest BCUT2D eigenvalue weighted by atomic mass is 16.4. The molecule has 0 aliphatic heterocycles. The zero-order valence-corrected chi connectivity index (χ0v) is 12.7. The Bertz CT molecular complexity index is 492. The Morgan fingerprint density at radius 1 is 1.15 bits per heavy atom. The first-order valence-electron chi connectivity index (χ1n) is 6.54. The molecule has 0 atom stereocenters. The van der Waals surface area contributed by atoms with Crippen LogP contribution in [0.25, 0.3) is 0 Å². The molecule has 0 aliphatic carbocycles. The van der Waals surface area contributed by atoms with E-state index < -0.39 is 11.5 Å². The van der Waals surface area contributed by atoms with E-state index in [1.165, 1.54) is 18.7 Å². The zero-order chi connectivity index (χ0) is 15.5. The number of carboxylic acid groups (broad SMARTS) is 1. The van der Waals surface area contributed by atoms with Gasteiger partial charge in [0.15, 0.2) is 0 Å². The summed E-state index contributed by atoms with van der Waals surface area (Å²) in [7, 11) is 3.84. The van der Waals surface area contributed by atoms with E-state index in [1.807, 2.05) is 31.1 Å². The fourth-order valence-electron chi connectivity index (χ4n) is 1.97. The van der Waals surface area contributed by atoms with Crippen LogP contribution < -0.4 is 4.90 Å². The standard InChI is InChI=1S/C15H22N2O3/c1-6-17(15(2,3)14(19)20)13(18)11-7-9-12(10-8-11)16(4)5/h7-10H,6H2,1-5H3,(H,19,20). The van der Waals surface area contributed by atoms with Gasteiger partial charge in [0, 0.05) is 31.9 Å². The molecule has 0 spiro atoms. The summed E-state index contributed by atoms with van der Waals surface area (Å²) in [6.07, 6.45) is 0. The lowest BCUT2D eigenvalue weighted by atomic mass is 10.0. The number of carbonyl (C=O) groups excluding carboxylic acids is 1. The molecule has 1 aromatic rings. The number of carboxylic acids is 1. The number of rotatable bonds is 5. The molecule has 0 saturated heterocycles. The van der Waals surface area contributed by atoms with Crippen LogP contribution in [0.4, 0.5) is 5.69 Å². The molecule has 20 heavy (non-hydrogen) atoms. The Kier molecular flexibility index (Phi) is 4.76. The molecular formula is C15H22N2O3. The van der Waals surface area contributed by atoms with Gasteiger partial charge in [-0.05, 0) is 45.0 Å². The molecule has 0 radical (unpaired) electrons. The molecule has 0 heterocycles. The molecule has 1 amide bonds. The van der Waals surface area contributed by atoms with Crippen molar-refractivity contribution in [3.63, 3.8) is 0 Å². The molecule has 0 bridgehead atoms. The van der Waals surface area contributed by atoms with Crippen molar-refractivity contribution in [3.05, 3.63) is 29.8 Å². The Balaban J connectivity index is 3.06. The van der Waals surface area contributed by atoms with E-state index >= 15 is 0 Å². The minimum atomic E-state index is -1.23. The maximum Gasteiger partial charge on any atom is 0.329 e. The van der Waals surface area contributed by atoms with Gasteiger partial charge in [0.2, 0.25) is 0 Å². The van der Waals surface area contributed by atoms with E-state index in [4.69, 9.17) is 0 Å². The molecule has 0 fully saturated rings. The van der Waals surface area contributed by atoms with E-state index in [1.54, 1.807) is 19.1 Å². The minimum absolute atomic E-state index is 0.273. The van der Waals surface area contributed by atoms with Crippen molar-refractivity contribution in [2.75, 3.05) is 25.5 Å². The first-order valence-corrected chi connectivity index (χ1v) is 6.54. The van der Waals surface area contributed by atoms with Crippen molar-refractivity contribution in [3.8, 4) is 0 Å². The number of benzene rings is 1. The molecule has 1 aromatic carbocycles. The van der Waals surface area contributed by atoms with Gasteiger partial charge >= 0.3 is 5.97 Å². The third-order valence-corrected chi connectivity index (χ3v) is 3.39. The molecular weight excluding hydrogens is 256 g/mol. The summed E-state index contributed by atoms with van der Waals surface area (Å²) < 4.78 is 0. The van der Waals surface area contributed by atoms with Gasteiger partial charge in [-0.3, -0.25) is 4.79 Å². The Labute approximate surface area is 119 Å². The van der Waals surface area contributed by atoms with Crippen LogP contribution in [0.3, 0.4) is 0 Å². The maximum atomic E-state index is 12.5. The van der Waals surface area contributed by atoms with Crippen LogP contribution in [0.1, 0.15) is 31.1 Å². The van der Waals surface area contributed by atoms with Gasteiger partial charge in [-0.25, -0.2) is 4.79 Å². The van der Waals surface area contributed by atoms with Crippen molar-refractivity contribution >= 4 is 17.6 Å². The molecule has 0 aromatic heterocycles. The summed E-state index contributed by atoms with van der Waals surface area (Å²) in [6, 6.07) is 7.13. The number of anilines is 1. The van der Waals surface area contributed by atoms with Crippen LogP contribution in [-0.4, -0.2) is 48.1 Å². The largest absolute Gasteiger partial charge is 0.480 e. The van der Waals surface area contributed by atoms with Gasteiger partial charge in [-0.1, -0.05) is 0 Å². The van der Waals surface area contributed by atoms with Gasteiger partial charge in [0.25, 0.3) is 5.91 Å². The number of likely N-dealkylation sites (N-methyl/N-ethyl adjacent to an activating group) is 1. The number of hydrogen-bond acceptors (Lipinski definition) is 3. The second kappa shape index (κ2) is 5.94. The molecule has 0 unspecified atom stereocenters. The summed E-state index contributed by atoms with van der Waals surface area (Å²) in [5.41, 5.74) is 0.250. The molecule has 0 aliphatic rings. The topological polar surface area (TPSA) is 60.9 Å². The number of carbonyl (C=O) groups is 2. The average Bonchev–Trinajstić information content (AvgIpc) is 2.39. The van der Waals surface area contributed by atoms with E-state index in [2.05, 4.69) is 0 Å². The van der Waals surface area contributed by atoms with Crippen LogP contribution in [-0.2, 0) is 4.79 Å². The molecule has 0 saturated carbocycles. The number of hydrogen-bond donors (Lipinski definition) is 1. The quantitative estimate of drug-likeness (QED) is 0.895. The third-order valence-electron chi connectivity index (χ3n) is 3.39. The summed E-state index contributed by atoms with van der Waals surface area (Å²) in [5.74, 6) is -1.29. The van der Waals surface area contributed by atoms with E-state index in [-0.39, 0.29) is 5.91 Å². The van der Waals surface area contributed by atoms with Crippen molar-refractivity contribution in [2.24, 2.45) is 0 Å². The number of aliphatic carboxylic acids is 1. The van der Waals surface area contributed by atoms with E-state index in [9.17, 15) is 14.7 Å². The Morgan fingerprint density at radius 3 is 2.00 bits per heavy atom. The molecule has 110 valence electrons. The van der Waals surface area contributed by atoms with E-state index in [0.717, 1.165) is 5.69 Å². The SMILES string of the molecule is CCN(C(=O)c1ccc(N(C)C)cc1)C(C)(C)C(=O)O. The van der Waals surface area contributed by atoms with Crippen LogP contribution in [0.2, 0.25) is 0 Å². The predicted octanol–water partition coefficient (Wildman–Crippen LogP) is 2.08. The van der Waals surface area contributed by atoms with Crippen molar-refractivity contribution in [1.82, 2.24) is 4.90 Å². The van der Waals surface area contributed by atoms with Gasteiger partial charge < -0.3 is 14.9 Å². The van der Waals surface area contributed by atoms with Crippen molar-refractivity contribution < 1.29 is 14.7 Å². The summed E-state index contributed by atoms with van der Waals surface area (Å²) in [5, 5.41) is 9.25. The van der Waals surface area contributed by atoms with Crippen LogP contribution >= 0.6 is 0 Å². The van der Waals surface area contributed by atoms with Crippen LogP contribution in [0.15, 0.2) is 24.3 Å². The molecule has 1 rings (SSSR count). The van der Waals surface area contributed by atoms with Crippen LogP contribution in [0.5, 0.6) is 0 Å². The fourth-order valence-corrected chi connectivity index (χ4v) is 1.97. The summed E-state index contributed by atoms with van der Waals surface area (Å²) in [6.45, 7) is 5.18. The zero-order valence-electron chi connectivity index (χ0n) is 12.7. The predicted molar refractivity (Wildman–Crippen MR) is 79.2 cm³/mol. The first-order chi connectivity index (χ1) is 9.21. The highest BCUT2D eigenvalue weighted by molar-refractivity contribution is 5.97. The van der Waals surface area contributed by atoms with Gasteiger partial charge in [-0.15, -0.1) is 0 Å². The third kappa shape index (κ3) is 3.10. The first kappa shape index (κ1) is 16.0. The molecule has 1 N–H and O–H groups in total. The molecule has 5 heteroatoms. The fraction of sp³-hybridized carbons (Fsp3) is 0.467. The normalized spacial score (nSPS) is 11.1. The number of nitrogens with zero attached hydrogens (tertiary/aromatic N) is 2. The van der Waals surface area contributed by atoms with Crippen molar-refractivity contribution in [1.29, 1.82) is 0 Å². The lowest BCUT2D eigenvalue weighted by Gasteiger charge is -2.34. The Hall–Kier alpha value is -2.04. The second-order valence-corrected chi connectivity index (χ2v) is 5.35. The minimum Gasteiger partial charge on any atom is -0.480 e. The monoisotopic (exact) mass is 278 g/mol. The maximum absolute atomic E-state index is 12.5. The lowest BCUT2D eigenvalue weighted by Crippen LogP contribution is -2.52. The summed E-state index contributed by atoms with van der Waals surface area (Å²) in [4.78, 5) is 27.1. The summed E-state index contributed by atoms with van der Waals surface area (Å²) >= 11 is 0. The highest BCUT2D eigenvalue weighted by Crippen LogP contribution is 2.20. The lowest BCUT2D eigenvalue weighted by molar-refractivity contribution is -0.147. The van der Waals surface area contributed by atoms with Gasteiger partial charge in [0.05, 0.1) is 0 Å². The smallest absolute Gasteiger partial charge is 0.329 e. The second-order valence-electron chi connectivity index (χ2n) is 5.35. The van der Waals surface area contributed by atoms with Crippen molar-refractivity contribution in [2.45, 2.75) is 26.3 Å². The van der Waals surface area contributed by atoms with Gasteiger partial charge in [-0.2, -0.15) is 0 Å². The van der Waals surface area contributed by atoms with E-state index in [0.29, 0.717) is 12.1 Å². The Morgan fingerprint density at radius 2 is 1.65 bits per heavy atom. The number of amides is 1. The van der Waals surface area contributed by atoms with Crippen LogP contribution in [0, 0.1) is 0 Å². The highest BCUT2D eigenvalue weighted by Gasteiger charge is 2.37. The molecule has 5 nitrogen and oxygen atoms in total. The average molecular weight is 278 g/mol.